The van der Waals surface area contributed by atoms with Crippen LogP contribution < -0.4 is 4.90 Å². The summed E-state index contributed by atoms with van der Waals surface area (Å²) in [4.78, 5) is 25.5. The quantitative estimate of drug-likeness (QED) is 0.706. The average Bonchev–Trinajstić information content (AvgIpc) is 3.22. The Labute approximate surface area is 156 Å². The Morgan fingerprint density at radius 1 is 1.15 bits per heavy atom. The zero-order valence-corrected chi connectivity index (χ0v) is 15.4. The number of thiophene rings is 1. The highest BCUT2D eigenvalue weighted by atomic mass is 32.1. The van der Waals surface area contributed by atoms with Gasteiger partial charge in [-0.3, -0.25) is 0 Å². The first-order chi connectivity index (χ1) is 12.8. The van der Waals surface area contributed by atoms with Gasteiger partial charge in [-0.25, -0.2) is 14.8 Å². The maximum absolute atomic E-state index is 11.9. The first-order valence-corrected chi connectivity index (χ1v) is 9.66. The molecule has 0 spiro atoms. The van der Waals surface area contributed by atoms with Crippen LogP contribution in [0.2, 0.25) is 0 Å². The minimum atomic E-state index is -0.237. The normalized spacial score (nSPS) is 14.7. The summed E-state index contributed by atoms with van der Waals surface area (Å²) in [6.45, 7) is 4.94. The number of amides is 1. The lowest BCUT2D eigenvalue weighted by atomic mass is 10.2. The Balaban J connectivity index is 1.65. The molecule has 1 fully saturated rings. The summed E-state index contributed by atoms with van der Waals surface area (Å²) < 4.78 is 5.10. The van der Waals surface area contributed by atoms with Crippen molar-refractivity contribution < 1.29 is 9.53 Å². The molecule has 0 radical (unpaired) electrons. The number of fused-ring (bicyclic) bond motifs is 1. The Hall–Kier alpha value is -2.67. The van der Waals surface area contributed by atoms with E-state index in [0.717, 1.165) is 41.2 Å². The van der Waals surface area contributed by atoms with E-state index in [9.17, 15) is 4.79 Å². The molecule has 6 nitrogen and oxygen atoms in total. The number of nitrogens with zero attached hydrogens (tertiary/aromatic N) is 4. The highest BCUT2D eigenvalue weighted by Crippen LogP contribution is 2.29. The molecule has 4 rings (SSSR count). The van der Waals surface area contributed by atoms with Gasteiger partial charge in [0, 0.05) is 42.5 Å². The maximum atomic E-state index is 11.9. The number of rotatable bonds is 3. The van der Waals surface area contributed by atoms with Crippen molar-refractivity contribution in [2.75, 3.05) is 37.7 Å². The van der Waals surface area contributed by atoms with E-state index in [1.165, 1.54) is 0 Å². The summed E-state index contributed by atoms with van der Waals surface area (Å²) in [5.74, 6) is 1.67. The molecule has 26 heavy (non-hydrogen) atoms. The first-order valence-electron chi connectivity index (χ1n) is 8.72. The van der Waals surface area contributed by atoms with Crippen LogP contribution in [0.5, 0.6) is 0 Å². The Morgan fingerprint density at radius 2 is 1.96 bits per heavy atom. The minimum Gasteiger partial charge on any atom is -0.450 e. The second-order valence-electron chi connectivity index (χ2n) is 6.07. The zero-order valence-electron chi connectivity index (χ0n) is 14.6. The van der Waals surface area contributed by atoms with Gasteiger partial charge in [0.1, 0.15) is 5.82 Å². The summed E-state index contributed by atoms with van der Waals surface area (Å²) in [5, 5.41) is 5.13. The smallest absolute Gasteiger partial charge is 0.409 e. The number of carbonyl (C=O) groups excluding carboxylic acids is 1. The molecule has 0 saturated carbocycles. The van der Waals surface area contributed by atoms with Crippen LogP contribution in [0.15, 0.2) is 41.1 Å². The molecule has 1 aliphatic rings. The van der Waals surface area contributed by atoms with Gasteiger partial charge in [0.2, 0.25) is 0 Å². The number of benzene rings is 1. The van der Waals surface area contributed by atoms with Crippen molar-refractivity contribution in [3.8, 4) is 11.4 Å². The van der Waals surface area contributed by atoms with Gasteiger partial charge in [0.15, 0.2) is 5.82 Å². The zero-order chi connectivity index (χ0) is 17.9. The van der Waals surface area contributed by atoms with Crippen LogP contribution in [0.25, 0.3) is 22.3 Å². The number of hydrogen-bond donors (Lipinski definition) is 0. The van der Waals surface area contributed by atoms with Gasteiger partial charge in [0.25, 0.3) is 0 Å². The lowest BCUT2D eigenvalue weighted by molar-refractivity contribution is 0.105. The number of piperazine rings is 1. The van der Waals surface area contributed by atoms with E-state index in [4.69, 9.17) is 14.7 Å². The molecule has 0 aliphatic carbocycles. The standard InChI is InChI=1S/C19H20N4O2S/c1-2-25-19(24)23-10-8-22(9-11-23)18-15-5-3-4-6-16(15)20-17(21-18)14-7-12-26-13-14/h3-7,12-13H,2,8-11H2,1H3. The van der Waals surface area contributed by atoms with Crippen LogP contribution in [0.4, 0.5) is 10.6 Å². The molecular formula is C19H20N4O2S. The van der Waals surface area contributed by atoms with E-state index in [1.54, 1.807) is 16.2 Å². The number of carbonyl (C=O) groups is 1. The number of ether oxygens (including phenoxy) is 1. The van der Waals surface area contributed by atoms with Crippen LogP contribution in [0.1, 0.15) is 6.92 Å². The van der Waals surface area contributed by atoms with Crippen LogP contribution in [0.3, 0.4) is 0 Å². The molecule has 1 aliphatic heterocycles. The topological polar surface area (TPSA) is 58.6 Å². The first kappa shape index (κ1) is 16.8. The third kappa shape index (κ3) is 3.22. The van der Waals surface area contributed by atoms with Crippen molar-refractivity contribution >= 4 is 34.2 Å². The van der Waals surface area contributed by atoms with Crippen molar-refractivity contribution in [3.05, 3.63) is 41.1 Å². The monoisotopic (exact) mass is 368 g/mol. The molecule has 1 amide bonds. The average molecular weight is 368 g/mol. The molecule has 0 bridgehead atoms. The molecule has 134 valence electrons. The van der Waals surface area contributed by atoms with Crippen molar-refractivity contribution in [2.45, 2.75) is 6.92 Å². The third-order valence-electron chi connectivity index (χ3n) is 4.47. The lowest BCUT2D eigenvalue weighted by Crippen LogP contribution is -2.49. The van der Waals surface area contributed by atoms with Crippen molar-refractivity contribution in [1.29, 1.82) is 0 Å². The second kappa shape index (κ2) is 7.29. The third-order valence-corrected chi connectivity index (χ3v) is 5.15. The number of anilines is 1. The minimum absolute atomic E-state index is 0.237. The van der Waals surface area contributed by atoms with Crippen LogP contribution in [-0.2, 0) is 4.74 Å². The predicted molar refractivity (Wildman–Crippen MR) is 104 cm³/mol. The second-order valence-corrected chi connectivity index (χ2v) is 6.85. The Morgan fingerprint density at radius 3 is 2.69 bits per heavy atom. The Bertz CT molecular complexity index is 905. The SMILES string of the molecule is CCOC(=O)N1CCN(c2nc(-c3ccsc3)nc3ccccc23)CC1. The molecule has 3 heterocycles. The van der Waals surface area contributed by atoms with Crippen molar-refractivity contribution in [1.82, 2.24) is 14.9 Å². The number of para-hydroxylation sites is 1. The van der Waals surface area contributed by atoms with Crippen molar-refractivity contribution in [3.63, 3.8) is 0 Å². The largest absolute Gasteiger partial charge is 0.450 e. The van der Waals surface area contributed by atoms with Crippen LogP contribution in [0, 0.1) is 0 Å². The molecule has 1 aromatic carbocycles. The molecule has 0 N–H and O–H groups in total. The summed E-state index contributed by atoms with van der Waals surface area (Å²) in [6.07, 6.45) is -0.237. The van der Waals surface area contributed by atoms with E-state index in [-0.39, 0.29) is 6.09 Å². The lowest BCUT2D eigenvalue weighted by Gasteiger charge is -2.35. The summed E-state index contributed by atoms with van der Waals surface area (Å²) in [7, 11) is 0. The molecule has 0 unspecified atom stereocenters. The molecule has 0 atom stereocenters. The molecule has 2 aromatic heterocycles. The van der Waals surface area contributed by atoms with Gasteiger partial charge in [-0.2, -0.15) is 11.3 Å². The predicted octanol–water partition coefficient (Wildman–Crippen LogP) is 3.64. The molecule has 7 heteroatoms. The summed E-state index contributed by atoms with van der Waals surface area (Å²) in [6, 6.07) is 10.1. The Kier molecular flexibility index (Phi) is 4.71. The van der Waals surface area contributed by atoms with Crippen molar-refractivity contribution in [2.24, 2.45) is 0 Å². The van der Waals surface area contributed by atoms with Crippen LogP contribution >= 0.6 is 11.3 Å². The highest BCUT2D eigenvalue weighted by molar-refractivity contribution is 7.08. The van der Waals surface area contributed by atoms with Gasteiger partial charge < -0.3 is 14.5 Å². The van der Waals surface area contributed by atoms with Gasteiger partial charge in [-0.1, -0.05) is 12.1 Å². The molecule has 1 saturated heterocycles. The highest BCUT2D eigenvalue weighted by Gasteiger charge is 2.24. The van der Waals surface area contributed by atoms with Gasteiger partial charge in [0.05, 0.1) is 12.1 Å². The van der Waals surface area contributed by atoms with Gasteiger partial charge >= 0.3 is 6.09 Å². The fraction of sp³-hybridized carbons (Fsp3) is 0.316. The van der Waals surface area contributed by atoms with E-state index < -0.39 is 0 Å². The number of hydrogen-bond acceptors (Lipinski definition) is 6. The maximum Gasteiger partial charge on any atom is 0.409 e. The summed E-state index contributed by atoms with van der Waals surface area (Å²) in [5.41, 5.74) is 1.97. The number of aromatic nitrogens is 2. The van der Waals surface area contributed by atoms with E-state index in [0.29, 0.717) is 19.7 Å². The fourth-order valence-electron chi connectivity index (χ4n) is 3.14. The summed E-state index contributed by atoms with van der Waals surface area (Å²) >= 11 is 1.64. The van der Waals surface area contributed by atoms with Crippen LogP contribution in [-0.4, -0.2) is 53.7 Å². The fourth-order valence-corrected chi connectivity index (χ4v) is 3.77. The van der Waals surface area contributed by atoms with E-state index in [1.807, 2.05) is 36.6 Å². The molecular weight excluding hydrogens is 348 g/mol. The van der Waals surface area contributed by atoms with E-state index in [2.05, 4.69) is 16.3 Å². The van der Waals surface area contributed by atoms with Gasteiger partial charge in [-0.15, -0.1) is 0 Å². The van der Waals surface area contributed by atoms with E-state index >= 15 is 0 Å². The molecule has 3 aromatic rings. The van der Waals surface area contributed by atoms with Gasteiger partial charge in [-0.05, 0) is 30.5 Å².